The Labute approximate surface area is 177 Å². The van der Waals surface area contributed by atoms with E-state index in [1.807, 2.05) is 59.0 Å². The minimum atomic E-state index is -0.215. The van der Waals surface area contributed by atoms with Gasteiger partial charge in [-0.15, -0.1) is 10.2 Å². The molecule has 1 fully saturated rings. The van der Waals surface area contributed by atoms with E-state index in [-0.39, 0.29) is 16.7 Å². The zero-order chi connectivity index (χ0) is 20.5. The van der Waals surface area contributed by atoms with E-state index in [0.717, 1.165) is 36.9 Å². The number of rotatable bonds is 4. The topological polar surface area (TPSA) is 81.3 Å². The molecule has 1 atom stereocenters. The number of carbonyl (C=O) groups excluding carboxylic acids is 1. The van der Waals surface area contributed by atoms with Gasteiger partial charge in [0.15, 0.2) is 5.16 Å². The van der Waals surface area contributed by atoms with Crippen molar-refractivity contribution in [1.82, 2.24) is 24.5 Å². The summed E-state index contributed by atoms with van der Waals surface area (Å²) in [5.74, 6) is 0.523. The second-order valence-corrected chi connectivity index (χ2v) is 8.58. The number of aromatic nitrogens is 4. The van der Waals surface area contributed by atoms with E-state index in [0.29, 0.717) is 22.9 Å². The van der Waals surface area contributed by atoms with Crippen LogP contribution in [0.15, 0.2) is 64.5 Å². The Balaban J connectivity index is 1.67. The van der Waals surface area contributed by atoms with E-state index in [9.17, 15) is 9.59 Å². The standard InChI is InChI=1S/C22H21N5O2S/c28-19-18(12-6-7-13-23-19)30-22-25-24-21-26(14-15-8-2-1-3-9-15)20(29)16-10-4-5-11-17(16)27(21)22/h1-5,8-11,18H,6-7,12-14H2,(H,23,28)/t18-/m0/s1. The number of amides is 1. The first-order valence-corrected chi connectivity index (χ1v) is 11.0. The number of nitrogens with one attached hydrogen (secondary N) is 1. The van der Waals surface area contributed by atoms with Gasteiger partial charge in [-0.3, -0.25) is 18.6 Å². The molecule has 3 heterocycles. The third kappa shape index (κ3) is 3.37. The highest BCUT2D eigenvalue weighted by atomic mass is 32.2. The molecule has 30 heavy (non-hydrogen) atoms. The average molecular weight is 420 g/mol. The zero-order valence-electron chi connectivity index (χ0n) is 16.3. The van der Waals surface area contributed by atoms with Crippen LogP contribution >= 0.6 is 11.8 Å². The SMILES string of the molecule is O=C1NCCCC[C@@H]1Sc1nnc2n(Cc3ccccc3)c(=O)c3ccccc3n12. The average Bonchev–Trinajstić information content (AvgIpc) is 3.08. The Morgan fingerprint density at radius 1 is 1.00 bits per heavy atom. The lowest BCUT2D eigenvalue weighted by Crippen LogP contribution is -2.30. The van der Waals surface area contributed by atoms with Crippen molar-refractivity contribution in [2.75, 3.05) is 6.54 Å². The van der Waals surface area contributed by atoms with Crippen molar-refractivity contribution in [3.8, 4) is 0 Å². The van der Waals surface area contributed by atoms with Crippen LogP contribution in [0.2, 0.25) is 0 Å². The van der Waals surface area contributed by atoms with E-state index < -0.39 is 0 Å². The Bertz CT molecular complexity index is 1280. The van der Waals surface area contributed by atoms with Crippen LogP contribution in [-0.4, -0.2) is 36.9 Å². The van der Waals surface area contributed by atoms with Gasteiger partial charge < -0.3 is 5.32 Å². The predicted octanol–water partition coefficient (Wildman–Crippen LogP) is 2.85. The number of benzene rings is 2. The summed E-state index contributed by atoms with van der Waals surface area (Å²) in [6.45, 7) is 1.12. The van der Waals surface area contributed by atoms with E-state index in [1.165, 1.54) is 11.8 Å². The number of nitrogens with zero attached hydrogens (tertiary/aromatic N) is 4. The maximum Gasteiger partial charge on any atom is 0.263 e. The Kier molecular flexibility index (Phi) is 5.00. The van der Waals surface area contributed by atoms with E-state index in [2.05, 4.69) is 15.5 Å². The first kappa shape index (κ1) is 18.9. The van der Waals surface area contributed by atoms with Gasteiger partial charge >= 0.3 is 0 Å². The van der Waals surface area contributed by atoms with Crippen LogP contribution in [0, 0.1) is 0 Å². The van der Waals surface area contributed by atoms with Crippen molar-refractivity contribution in [2.45, 2.75) is 36.2 Å². The number of hydrogen-bond acceptors (Lipinski definition) is 5. The maximum atomic E-state index is 13.3. The monoisotopic (exact) mass is 419 g/mol. The molecule has 1 aliphatic heterocycles. The van der Waals surface area contributed by atoms with E-state index in [4.69, 9.17) is 0 Å². The maximum absolute atomic E-state index is 13.3. The molecule has 0 aliphatic carbocycles. The van der Waals surface area contributed by atoms with Crippen molar-refractivity contribution >= 4 is 34.3 Å². The molecule has 1 N–H and O–H groups in total. The highest BCUT2D eigenvalue weighted by Crippen LogP contribution is 2.29. The Morgan fingerprint density at radius 3 is 2.67 bits per heavy atom. The number of fused-ring (bicyclic) bond motifs is 3. The minimum Gasteiger partial charge on any atom is -0.355 e. The number of carbonyl (C=O) groups is 1. The second kappa shape index (κ2) is 7.95. The summed E-state index contributed by atoms with van der Waals surface area (Å²) in [6.07, 6.45) is 2.78. The molecule has 2 aromatic carbocycles. The van der Waals surface area contributed by atoms with Crippen molar-refractivity contribution in [2.24, 2.45) is 0 Å². The summed E-state index contributed by atoms with van der Waals surface area (Å²) in [7, 11) is 0. The van der Waals surface area contributed by atoms with E-state index in [1.54, 1.807) is 4.57 Å². The lowest BCUT2D eigenvalue weighted by atomic mass is 10.2. The summed E-state index contributed by atoms with van der Waals surface area (Å²) in [6, 6.07) is 17.3. The van der Waals surface area contributed by atoms with Crippen LogP contribution < -0.4 is 10.9 Å². The molecule has 5 rings (SSSR count). The van der Waals surface area contributed by atoms with Crippen LogP contribution in [0.1, 0.15) is 24.8 Å². The summed E-state index contributed by atoms with van der Waals surface area (Å²) < 4.78 is 3.56. The molecule has 8 heteroatoms. The molecule has 0 unspecified atom stereocenters. The molecular formula is C22H21N5O2S. The molecule has 0 saturated carbocycles. The zero-order valence-corrected chi connectivity index (χ0v) is 17.1. The molecular weight excluding hydrogens is 398 g/mol. The molecule has 1 aliphatic rings. The molecule has 1 saturated heterocycles. The quantitative estimate of drug-likeness (QED) is 0.550. The van der Waals surface area contributed by atoms with Crippen LogP contribution in [0.5, 0.6) is 0 Å². The molecule has 7 nitrogen and oxygen atoms in total. The second-order valence-electron chi connectivity index (χ2n) is 7.41. The first-order valence-electron chi connectivity index (χ1n) is 10.1. The Morgan fingerprint density at radius 2 is 1.80 bits per heavy atom. The highest BCUT2D eigenvalue weighted by molar-refractivity contribution is 8.00. The fraction of sp³-hybridized carbons (Fsp3) is 0.273. The van der Waals surface area contributed by atoms with Gasteiger partial charge in [-0.05, 0) is 30.5 Å². The summed E-state index contributed by atoms with van der Waals surface area (Å²) in [4.78, 5) is 25.7. The van der Waals surface area contributed by atoms with Crippen LogP contribution in [0.4, 0.5) is 0 Å². The number of thioether (sulfide) groups is 1. The van der Waals surface area contributed by atoms with Crippen molar-refractivity contribution in [1.29, 1.82) is 0 Å². The molecule has 2 aromatic heterocycles. The fourth-order valence-corrected chi connectivity index (χ4v) is 4.97. The molecule has 4 aromatic rings. The largest absolute Gasteiger partial charge is 0.355 e. The fourth-order valence-electron chi connectivity index (χ4n) is 3.87. The predicted molar refractivity (Wildman–Crippen MR) is 117 cm³/mol. The van der Waals surface area contributed by atoms with Crippen molar-refractivity contribution in [3.05, 3.63) is 70.5 Å². The van der Waals surface area contributed by atoms with Crippen molar-refractivity contribution < 1.29 is 4.79 Å². The van der Waals surface area contributed by atoms with Gasteiger partial charge in [-0.1, -0.05) is 60.6 Å². The van der Waals surface area contributed by atoms with Crippen LogP contribution in [-0.2, 0) is 11.3 Å². The van der Waals surface area contributed by atoms with Gasteiger partial charge in [-0.2, -0.15) is 0 Å². The van der Waals surface area contributed by atoms with Crippen molar-refractivity contribution in [3.63, 3.8) is 0 Å². The number of para-hydroxylation sites is 1. The van der Waals surface area contributed by atoms with Gasteiger partial charge in [-0.25, -0.2) is 0 Å². The van der Waals surface area contributed by atoms with Gasteiger partial charge in [0, 0.05) is 6.54 Å². The van der Waals surface area contributed by atoms with Gasteiger partial charge in [0.1, 0.15) is 0 Å². The molecule has 152 valence electrons. The first-order chi connectivity index (χ1) is 14.7. The van der Waals surface area contributed by atoms with Crippen LogP contribution in [0.25, 0.3) is 16.7 Å². The summed E-state index contributed by atoms with van der Waals surface area (Å²) in [5, 5.41) is 12.7. The smallest absolute Gasteiger partial charge is 0.263 e. The summed E-state index contributed by atoms with van der Waals surface area (Å²) in [5.41, 5.74) is 1.67. The van der Waals surface area contributed by atoms with Gasteiger partial charge in [0.25, 0.3) is 5.56 Å². The van der Waals surface area contributed by atoms with Crippen LogP contribution in [0.3, 0.4) is 0 Å². The molecule has 0 spiro atoms. The lowest BCUT2D eigenvalue weighted by molar-refractivity contribution is -0.120. The summed E-state index contributed by atoms with van der Waals surface area (Å²) >= 11 is 1.42. The third-order valence-electron chi connectivity index (χ3n) is 5.39. The van der Waals surface area contributed by atoms with Gasteiger partial charge in [0.2, 0.25) is 11.7 Å². The van der Waals surface area contributed by atoms with Gasteiger partial charge in [0.05, 0.1) is 22.7 Å². The minimum absolute atomic E-state index is 0.0381. The lowest BCUT2D eigenvalue weighted by Gasteiger charge is -2.14. The normalized spacial score (nSPS) is 17.2. The molecule has 0 radical (unpaired) electrons. The third-order valence-corrected chi connectivity index (χ3v) is 6.60. The number of hydrogen-bond donors (Lipinski definition) is 1. The highest BCUT2D eigenvalue weighted by Gasteiger charge is 2.25. The molecule has 0 bridgehead atoms. The Hall–Kier alpha value is -3.13. The van der Waals surface area contributed by atoms with E-state index >= 15 is 0 Å². The molecule has 1 amide bonds.